The molecule has 0 saturated carbocycles. The van der Waals surface area contributed by atoms with Crippen molar-refractivity contribution < 1.29 is 14.4 Å². The number of benzene rings is 1. The minimum atomic E-state index is -0.537. The zero-order valence-corrected chi connectivity index (χ0v) is 11.8. The molecule has 0 aliphatic carbocycles. The van der Waals surface area contributed by atoms with Crippen molar-refractivity contribution in [3.63, 3.8) is 0 Å². The lowest BCUT2D eigenvalue weighted by atomic mass is 10.0. The summed E-state index contributed by atoms with van der Waals surface area (Å²) in [7, 11) is 0. The number of nitrogens with one attached hydrogen (secondary N) is 1. The molecule has 3 rings (SSSR count). The van der Waals surface area contributed by atoms with Gasteiger partial charge in [-0.3, -0.25) is 19.7 Å². The maximum absolute atomic E-state index is 12.4. The van der Waals surface area contributed by atoms with Crippen LogP contribution in [0.15, 0.2) is 23.1 Å². The lowest BCUT2D eigenvalue weighted by molar-refractivity contribution is -0.136. The maximum Gasteiger partial charge on any atom is 0.255 e. The average Bonchev–Trinajstić information content (AvgIpc) is 2.75. The van der Waals surface area contributed by atoms with Gasteiger partial charge in [0, 0.05) is 23.4 Å². The molecule has 5 nitrogen and oxygen atoms in total. The average molecular weight is 290 g/mol. The summed E-state index contributed by atoms with van der Waals surface area (Å²) in [6.07, 6.45) is 2.67. The highest BCUT2D eigenvalue weighted by molar-refractivity contribution is 7.98. The van der Waals surface area contributed by atoms with E-state index in [1.165, 1.54) is 0 Å². The summed E-state index contributed by atoms with van der Waals surface area (Å²) >= 11 is 1.62. The highest BCUT2D eigenvalue weighted by atomic mass is 32.2. The molecule has 2 heterocycles. The number of imide groups is 1. The van der Waals surface area contributed by atoms with Crippen molar-refractivity contribution >= 4 is 29.5 Å². The molecule has 1 unspecified atom stereocenters. The largest absolute Gasteiger partial charge is 0.322 e. The Labute approximate surface area is 120 Å². The first-order valence-corrected chi connectivity index (χ1v) is 7.64. The number of piperidine rings is 1. The van der Waals surface area contributed by atoms with E-state index in [1.54, 1.807) is 16.7 Å². The van der Waals surface area contributed by atoms with Gasteiger partial charge in [-0.15, -0.1) is 11.8 Å². The number of amides is 3. The molecule has 0 bridgehead atoms. The maximum atomic E-state index is 12.4. The SMILES string of the molecule is CSc1ccc2c(c1)CN(C1CCC(=O)NC1=O)C2=O. The van der Waals surface area contributed by atoms with Crippen molar-refractivity contribution in [2.75, 3.05) is 6.26 Å². The molecule has 6 heteroatoms. The van der Waals surface area contributed by atoms with Crippen LogP contribution >= 0.6 is 11.8 Å². The number of nitrogens with zero attached hydrogens (tertiary/aromatic N) is 1. The van der Waals surface area contributed by atoms with Gasteiger partial charge in [0.25, 0.3) is 5.91 Å². The summed E-state index contributed by atoms with van der Waals surface area (Å²) in [5.74, 6) is -0.755. The minimum Gasteiger partial charge on any atom is -0.322 e. The van der Waals surface area contributed by atoms with Crippen molar-refractivity contribution in [3.05, 3.63) is 29.3 Å². The van der Waals surface area contributed by atoms with Crippen molar-refractivity contribution in [1.29, 1.82) is 0 Å². The lowest BCUT2D eigenvalue weighted by Gasteiger charge is -2.29. The van der Waals surface area contributed by atoms with Crippen molar-refractivity contribution in [2.45, 2.75) is 30.3 Å². The smallest absolute Gasteiger partial charge is 0.255 e. The zero-order valence-electron chi connectivity index (χ0n) is 11.0. The molecule has 0 aromatic heterocycles. The molecule has 2 aliphatic heterocycles. The second kappa shape index (κ2) is 4.94. The highest BCUT2D eigenvalue weighted by Gasteiger charge is 2.38. The third-order valence-electron chi connectivity index (χ3n) is 3.73. The molecular formula is C14H14N2O3S. The predicted octanol–water partition coefficient (Wildman–Crippen LogP) is 1.17. The van der Waals surface area contributed by atoms with E-state index in [-0.39, 0.29) is 24.1 Å². The van der Waals surface area contributed by atoms with Crippen molar-refractivity contribution in [2.24, 2.45) is 0 Å². The molecule has 0 spiro atoms. The van der Waals surface area contributed by atoms with E-state index in [0.717, 1.165) is 10.5 Å². The summed E-state index contributed by atoms with van der Waals surface area (Å²) in [6.45, 7) is 0.439. The Balaban J connectivity index is 1.86. The molecular weight excluding hydrogens is 276 g/mol. The van der Waals surface area contributed by atoms with E-state index in [4.69, 9.17) is 0 Å². The lowest BCUT2D eigenvalue weighted by Crippen LogP contribution is -2.52. The van der Waals surface area contributed by atoms with Crippen LogP contribution < -0.4 is 5.32 Å². The van der Waals surface area contributed by atoms with E-state index in [1.807, 2.05) is 24.5 Å². The predicted molar refractivity (Wildman–Crippen MR) is 74.3 cm³/mol. The molecule has 1 saturated heterocycles. The Morgan fingerprint density at radius 1 is 1.30 bits per heavy atom. The Morgan fingerprint density at radius 2 is 2.10 bits per heavy atom. The van der Waals surface area contributed by atoms with Gasteiger partial charge in [0.2, 0.25) is 11.8 Å². The van der Waals surface area contributed by atoms with Gasteiger partial charge in [0.15, 0.2) is 0 Å². The number of hydrogen-bond donors (Lipinski definition) is 1. The van der Waals surface area contributed by atoms with Crippen LogP contribution in [0.3, 0.4) is 0 Å². The van der Waals surface area contributed by atoms with Gasteiger partial charge in [-0.2, -0.15) is 0 Å². The first kappa shape index (κ1) is 13.2. The van der Waals surface area contributed by atoms with E-state index >= 15 is 0 Å². The Kier molecular flexibility index (Phi) is 3.25. The molecule has 104 valence electrons. The number of rotatable bonds is 2. The van der Waals surface area contributed by atoms with Crippen LogP contribution in [0, 0.1) is 0 Å². The normalized spacial score (nSPS) is 21.9. The summed E-state index contributed by atoms with van der Waals surface area (Å²) in [5.41, 5.74) is 1.61. The highest BCUT2D eigenvalue weighted by Crippen LogP contribution is 2.30. The summed E-state index contributed by atoms with van der Waals surface area (Å²) in [6, 6.07) is 5.18. The van der Waals surface area contributed by atoms with E-state index in [9.17, 15) is 14.4 Å². The minimum absolute atomic E-state index is 0.123. The van der Waals surface area contributed by atoms with Gasteiger partial charge >= 0.3 is 0 Å². The first-order chi connectivity index (χ1) is 9.60. The van der Waals surface area contributed by atoms with E-state index < -0.39 is 6.04 Å². The van der Waals surface area contributed by atoms with Gasteiger partial charge in [-0.25, -0.2) is 0 Å². The van der Waals surface area contributed by atoms with Gasteiger partial charge in [0.1, 0.15) is 6.04 Å². The fourth-order valence-electron chi connectivity index (χ4n) is 2.68. The number of hydrogen-bond acceptors (Lipinski definition) is 4. The fourth-order valence-corrected chi connectivity index (χ4v) is 3.14. The van der Waals surface area contributed by atoms with E-state index in [0.29, 0.717) is 18.5 Å². The Hall–Kier alpha value is -1.82. The third-order valence-corrected chi connectivity index (χ3v) is 4.46. The second-order valence-electron chi connectivity index (χ2n) is 4.92. The number of thioether (sulfide) groups is 1. The summed E-state index contributed by atoms with van der Waals surface area (Å²) in [4.78, 5) is 38.1. The van der Waals surface area contributed by atoms with Gasteiger partial charge in [-0.05, 0) is 36.4 Å². The molecule has 1 atom stereocenters. The van der Waals surface area contributed by atoms with Crippen LogP contribution in [0.4, 0.5) is 0 Å². The first-order valence-electron chi connectivity index (χ1n) is 6.41. The van der Waals surface area contributed by atoms with Crippen LogP contribution in [0.5, 0.6) is 0 Å². The van der Waals surface area contributed by atoms with Crippen molar-refractivity contribution in [1.82, 2.24) is 10.2 Å². The van der Waals surface area contributed by atoms with Crippen LogP contribution in [0.2, 0.25) is 0 Å². The molecule has 1 N–H and O–H groups in total. The van der Waals surface area contributed by atoms with Crippen molar-refractivity contribution in [3.8, 4) is 0 Å². The van der Waals surface area contributed by atoms with Crippen LogP contribution in [-0.2, 0) is 16.1 Å². The molecule has 20 heavy (non-hydrogen) atoms. The van der Waals surface area contributed by atoms with Gasteiger partial charge in [-0.1, -0.05) is 0 Å². The molecule has 1 aromatic carbocycles. The fraction of sp³-hybridized carbons (Fsp3) is 0.357. The van der Waals surface area contributed by atoms with Crippen LogP contribution in [-0.4, -0.2) is 34.9 Å². The Bertz CT molecular complexity index is 614. The van der Waals surface area contributed by atoms with Gasteiger partial charge in [0.05, 0.1) is 0 Å². The third kappa shape index (κ3) is 2.10. The summed E-state index contributed by atoms with van der Waals surface area (Å²) < 4.78 is 0. The molecule has 1 fully saturated rings. The second-order valence-corrected chi connectivity index (χ2v) is 5.80. The number of carbonyl (C=O) groups excluding carboxylic acids is 3. The molecule has 0 radical (unpaired) electrons. The quantitative estimate of drug-likeness (QED) is 0.656. The number of fused-ring (bicyclic) bond motifs is 1. The standard InChI is InChI=1S/C14H14N2O3S/c1-20-9-2-3-10-8(6-9)7-16(14(10)19)11-4-5-12(17)15-13(11)18/h2-3,6,11H,4-5,7H2,1H3,(H,15,17,18). The summed E-state index contributed by atoms with van der Waals surface area (Å²) in [5, 5.41) is 2.30. The van der Waals surface area contributed by atoms with Crippen LogP contribution in [0.1, 0.15) is 28.8 Å². The Morgan fingerprint density at radius 3 is 2.80 bits per heavy atom. The molecule has 1 aromatic rings. The number of carbonyl (C=O) groups is 3. The molecule has 3 amide bonds. The molecule has 2 aliphatic rings. The monoisotopic (exact) mass is 290 g/mol. The van der Waals surface area contributed by atoms with Gasteiger partial charge < -0.3 is 4.90 Å². The topological polar surface area (TPSA) is 66.5 Å². The zero-order chi connectivity index (χ0) is 14.3. The van der Waals surface area contributed by atoms with E-state index in [2.05, 4.69) is 5.32 Å². The van der Waals surface area contributed by atoms with Crippen LogP contribution in [0.25, 0.3) is 0 Å².